The molecule has 2 heterocycles. The van der Waals surface area contributed by atoms with Crippen molar-refractivity contribution in [3.63, 3.8) is 0 Å². The Hall–Kier alpha value is -1.42. The number of ether oxygens (including phenoxy) is 1. The van der Waals surface area contributed by atoms with Gasteiger partial charge < -0.3 is 30.2 Å². The lowest BCUT2D eigenvalue weighted by atomic mass is 10.3. The van der Waals surface area contributed by atoms with E-state index in [0.717, 1.165) is 60.6 Å². The van der Waals surface area contributed by atoms with Crippen molar-refractivity contribution >= 4 is 50.0 Å². The van der Waals surface area contributed by atoms with Crippen LogP contribution in [-0.2, 0) is 4.74 Å². The first-order valence-electron chi connectivity index (χ1n) is 7.49. The standard InChI is InChI=1S/C14H18BrN5O2S/c15-9-7-11-12(18-13(21)17-11)8-10(9)19-14(23)16-1-2-20-3-5-22-6-4-20/h7-8H,1-6H2,(H2,16,19,23)(H2,17,18,21)/p+1. The Morgan fingerprint density at radius 3 is 2.74 bits per heavy atom. The minimum atomic E-state index is -0.224. The number of nitrogens with one attached hydrogen (secondary N) is 5. The lowest BCUT2D eigenvalue weighted by Crippen LogP contribution is -3.14. The van der Waals surface area contributed by atoms with E-state index < -0.39 is 0 Å². The topological polar surface area (TPSA) is 86.4 Å². The molecule has 0 bridgehead atoms. The summed E-state index contributed by atoms with van der Waals surface area (Å²) in [5, 5.41) is 6.94. The van der Waals surface area contributed by atoms with E-state index >= 15 is 0 Å². The molecule has 0 atom stereocenters. The third kappa shape index (κ3) is 4.31. The molecule has 7 nitrogen and oxygen atoms in total. The number of fused-ring (bicyclic) bond motifs is 1. The number of morpholine rings is 1. The van der Waals surface area contributed by atoms with E-state index in [0.29, 0.717) is 5.11 Å². The smallest absolute Gasteiger partial charge is 0.323 e. The average Bonchev–Trinajstić information content (AvgIpc) is 2.87. The molecule has 1 fully saturated rings. The van der Waals surface area contributed by atoms with Gasteiger partial charge in [0.05, 0.1) is 43.0 Å². The summed E-state index contributed by atoms with van der Waals surface area (Å²) in [4.78, 5) is 18.3. The molecule has 1 aliphatic heterocycles. The lowest BCUT2D eigenvalue weighted by Gasteiger charge is -2.24. The van der Waals surface area contributed by atoms with Crippen LogP contribution in [0.5, 0.6) is 0 Å². The molecule has 9 heteroatoms. The number of aromatic nitrogens is 2. The molecule has 1 aromatic carbocycles. The minimum Gasteiger partial charge on any atom is -0.370 e. The van der Waals surface area contributed by atoms with E-state index in [2.05, 4.69) is 36.5 Å². The number of thiocarbonyl (C=S) groups is 1. The van der Waals surface area contributed by atoms with Crippen LogP contribution in [-0.4, -0.2) is 54.5 Å². The number of imidazole rings is 1. The largest absolute Gasteiger partial charge is 0.370 e. The van der Waals surface area contributed by atoms with Gasteiger partial charge in [-0.05, 0) is 40.3 Å². The van der Waals surface area contributed by atoms with Crippen molar-refractivity contribution < 1.29 is 9.64 Å². The van der Waals surface area contributed by atoms with Gasteiger partial charge in [-0.15, -0.1) is 0 Å². The Morgan fingerprint density at radius 1 is 1.30 bits per heavy atom. The highest BCUT2D eigenvalue weighted by Crippen LogP contribution is 2.26. The predicted octanol–water partition coefficient (Wildman–Crippen LogP) is -0.180. The normalized spacial score (nSPS) is 15.7. The number of hydrogen-bond acceptors (Lipinski definition) is 3. The minimum absolute atomic E-state index is 0.224. The van der Waals surface area contributed by atoms with Crippen LogP contribution >= 0.6 is 28.1 Å². The van der Waals surface area contributed by atoms with Gasteiger partial charge in [0.1, 0.15) is 13.1 Å². The second-order valence-corrected chi connectivity index (χ2v) is 6.71. The maximum atomic E-state index is 11.3. The Labute approximate surface area is 146 Å². The fourth-order valence-corrected chi connectivity index (χ4v) is 3.24. The average molecular weight is 401 g/mol. The zero-order valence-electron chi connectivity index (χ0n) is 12.5. The van der Waals surface area contributed by atoms with Crippen LogP contribution in [0.1, 0.15) is 0 Å². The number of H-pyrrole nitrogens is 2. The van der Waals surface area contributed by atoms with Gasteiger partial charge in [-0.2, -0.15) is 0 Å². The second kappa shape index (κ2) is 7.43. The van der Waals surface area contributed by atoms with Gasteiger partial charge in [0.2, 0.25) is 0 Å². The van der Waals surface area contributed by atoms with E-state index in [-0.39, 0.29) is 5.69 Å². The fraction of sp³-hybridized carbons (Fsp3) is 0.429. The molecular formula is C14H19BrN5O2S+. The first-order valence-corrected chi connectivity index (χ1v) is 8.69. The zero-order chi connectivity index (χ0) is 16.2. The van der Waals surface area contributed by atoms with Crippen LogP contribution < -0.4 is 21.2 Å². The number of anilines is 1. The molecule has 1 aromatic heterocycles. The zero-order valence-corrected chi connectivity index (χ0v) is 14.9. The Morgan fingerprint density at radius 2 is 2.00 bits per heavy atom. The molecule has 1 aliphatic rings. The Kier molecular flexibility index (Phi) is 5.31. The van der Waals surface area contributed by atoms with Crippen LogP contribution in [0.3, 0.4) is 0 Å². The van der Waals surface area contributed by atoms with Crippen LogP contribution in [0.4, 0.5) is 5.69 Å². The number of benzene rings is 1. The summed E-state index contributed by atoms with van der Waals surface area (Å²) in [6.07, 6.45) is 0. The summed E-state index contributed by atoms with van der Waals surface area (Å²) in [6, 6.07) is 3.69. The number of halogens is 1. The van der Waals surface area contributed by atoms with Crippen LogP contribution in [0.15, 0.2) is 21.4 Å². The summed E-state index contributed by atoms with van der Waals surface area (Å²) in [5.41, 5.74) is 2.07. The third-order valence-electron chi connectivity index (χ3n) is 3.82. The fourth-order valence-electron chi connectivity index (χ4n) is 2.58. The molecule has 0 amide bonds. The molecule has 0 spiro atoms. The van der Waals surface area contributed by atoms with E-state index in [9.17, 15) is 4.79 Å². The molecular weight excluding hydrogens is 382 g/mol. The first kappa shape index (κ1) is 16.4. The summed E-state index contributed by atoms with van der Waals surface area (Å²) in [5.74, 6) is 0. The maximum absolute atomic E-state index is 11.3. The Balaban J connectivity index is 1.54. The van der Waals surface area contributed by atoms with Crippen molar-refractivity contribution in [3.05, 3.63) is 27.1 Å². The third-order valence-corrected chi connectivity index (χ3v) is 4.72. The van der Waals surface area contributed by atoms with Gasteiger partial charge in [0, 0.05) is 4.47 Å². The van der Waals surface area contributed by atoms with Crippen molar-refractivity contribution in [1.29, 1.82) is 0 Å². The van der Waals surface area contributed by atoms with Crippen molar-refractivity contribution in [3.8, 4) is 0 Å². The monoisotopic (exact) mass is 400 g/mol. The molecule has 0 aliphatic carbocycles. The van der Waals surface area contributed by atoms with Crippen LogP contribution in [0.2, 0.25) is 0 Å². The van der Waals surface area contributed by atoms with Crippen molar-refractivity contribution in [2.45, 2.75) is 0 Å². The maximum Gasteiger partial charge on any atom is 0.323 e. The van der Waals surface area contributed by atoms with E-state index in [1.54, 1.807) is 0 Å². The second-order valence-electron chi connectivity index (χ2n) is 5.45. The predicted molar refractivity (Wildman–Crippen MR) is 97.2 cm³/mol. The number of quaternary nitrogens is 1. The first-order chi connectivity index (χ1) is 11.1. The van der Waals surface area contributed by atoms with Gasteiger partial charge in [-0.3, -0.25) is 0 Å². The van der Waals surface area contributed by atoms with Crippen molar-refractivity contribution in [2.24, 2.45) is 0 Å². The van der Waals surface area contributed by atoms with Crippen molar-refractivity contribution in [2.75, 3.05) is 44.7 Å². The van der Waals surface area contributed by atoms with E-state index in [1.165, 1.54) is 4.90 Å². The molecule has 1 saturated heterocycles. The van der Waals surface area contributed by atoms with Gasteiger partial charge in [-0.25, -0.2) is 4.79 Å². The summed E-state index contributed by atoms with van der Waals surface area (Å²) in [7, 11) is 0. The highest BCUT2D eigenvalue weighted by Gasteiger charge is 2.13. The molecule has 5 N–H and O–H groups in total. The quantitative estimate of drug-likeness (QED) is 0.459. The molecule has 0 unspecified atom stereocenters. The van der Waals surface area contributed by atoms with E-state index in [1.807, 2.05) is 12.1 Å². The number of rotatable bonds is 4. The van der Waals surface area contributed by atoms with Gasteiger partial charge in [-0.1, -0.05) is 0 Å². The summed E-state index contributed by atoms with van der Waals surface area (Å²) < 4.78 is 6.18. The molecule has 0 radical (unpaired) electrons. The van der Waals surface area contributed by atoms with Gasteiger partial charge in [0.25, 0.3) is 0 Å². The van der Waals surface area contributed by atoms with Gasteiger partial charge in [0.15, 0.2) is 5.11 Å². The summed E-state index contributed by atoms with van der Waals surface area (Å²) in [6.45, 7) is 5.58. The number of aromatic amines is 2. The van der Waals surface area contributed by atoms with Crippen LogP contribution in [0.25, 0.3) is 11.0 Å². The SMILES string of the molecule is O=c1[nH]c2cc(Br)c(NC(=S)NCC[NH+]3CCOCC3)cc2[nH]1. The lowest BCUT2D eigenvalue weighted by molar-refractivity contribution is -0.906. The highest BCUT2D eigenvalue weighted by molar-refractivity contribution is 9.10. The van der Waals surface area contributed by atoms with Crippen LogP contribution in [0, 0.1) is 0 Å². The number of hydrogen-bond donors (Lipinski definition) is 5. The Bertz CT molecular complexity index is 753. The molecule has 124 valence electrons. The molecule has 0 saturated carbocycles. The molecule has 2 aromatic rings. The molecule has 23 heavy (non-hydrogen) atoms. The highest BCUT2D eigenvalue weighted by atomic mass is 79.9. The van der Waals surface area contributed by atoms with Crippen molar-refractivity contribution in [1.82, 2.24) is 15.3 Å². The summed E-state index contributed by atoms with van der Waals surface area (Å²) >= 11 is 8.82. The molecule has 3 rings (SSSR count). The van der Waals surface area contributed by atoms with Gasteiger partial charge >= 0.3 is 5.69 Å². The van der Waals surface area contributed by atoms with E-state index in [4.69, 9.17) is 17.0 Å².